The highest BCUT2D eigenvalue weighted by Gasteiger charge is 2.20. The third-order valence-corrected chi connectivity index (χ3v) is 4.34. The summed E-state index contributed by atoms with van der Waals surface area (Å²) >= 11 is 3.56. The van der Waals surface area contributed by atoms with Crippen molar-refractivity contribution in [1.29, 1.82) is 0 Å². The SMILES string of the molecule is COc1ccc(CN2CCNC(CC(C)C)C2)cc1Br. The molecule has 1 aromatic carbocycles. The summed E-state index contributed by atoms with van der Waals surface area (Å²) in [4.78, 5) is 2.54. The lowest BCUT2D eigenvalue weighted by molar-refractivity contribution is 0.179. The van der Waals surface area contributed by atoms with E-state index >= 15 is 0 Å². The van der Waals surface area contributed by atoms with Crippen molar-refractivity contribution in [3.63, 3.8) is 0 Å². The van der Waals surface area contributed by atoms with Gasteiger partial charge in [-0.3, -0.25) is 4.90 Å². The van der Waals surface area contributed by atoms with Gasteiger partial charge in [0.15, 0.2) is 0 Å². The highest BCUT2D eigenvalue weighted by molar-refractivity contribution is 9.10. The van der Waals surface area contributed by atoms with Crippen LogP contribution in [0.2, 0.25) is 0 Å². The molecule has 0 aliphatic carbocycles. The van der Waals surface area contributed by atoms with E-state index in [0.717, 1.165) is 42.3 Å². The standard InChI is InChI=1S/C16H25BrN2O/c1-12(2)8-14-11-19(7-6-18-14)10-13-4-5-16(20-3)15(17)9-13/h4-5,9,12,14,18H,6-8,10-11H2,1-3H3. The van der Waals surface area contributed by atoms with E-state index in [1.54, 1.807) is 7.11 Å². The molecular weight excluding hydrogens is 316 g/mol. The molecule has 112 valence electrons. The third-order valence-electron chi connectivity index (χ3n) is 3.72. The van der Waals surface area contributed by atoms with Gasteiger partial charge in [0.25, 0.3) is 0 Å². The predicted octanol–water partition coefficient (Wildman–Crippen LogP) is 3.28. The summed E-state index contributed by atoms with van der Waals surface area (Å²) in [6.45, 7) is 8.95. The van der Waals surface area contributed by atoms with Gasteiger partial charge in [0.05, 0.1) is 11.6 Å². The Labute approximate surface area is 130 Å². The van der Waals surface area contributed by atoms with E-state index in [9.17, 15) is 0 Å². The number of methoxy groups -OCH3 is 1. The zero-order chi connectivity index (χ0) is 14.5. The van der Waals surface area contributed by atoms with Gasteiger partial charge in [-0.2, -0.15) is 0 Å². The number of benzene rings is 1. The summed E-state index contributed by atoms with van der Waals surface area (Å²) in [5.74, 6) is 1.65. The Morgan fingerprint density at radius 1 is 1.45 bits per heavy atom. The molecule has 3 nitrogen and oxygen atoms in total. The third kappa shape index (κ3) is 4.47. The van der Waals surface area contributed by atoms with Crippen LogP contribution in [0.3, 0.4) is 0 Å². The molecule has 1 aliphatic heterocycles. The maximum absolute atomic E-state index is 5.28. The van der Waals surface area contributed by atoms with Gasteiger partial charge in [0.2, 0.25) is 0 Å². The predicted molar refractivity (Wildman–Crippen MR) is 87.2 cm³/mol. The van der Waals surface area contributed by atoms with Gasteiger partial charge in [0.1, 0.15) is 5.75 Å². The summed E-state index contributed by atoms with van der Waals surface area (Å²) in [7, 11) is 1.70. The topological polar surface area (TPSA) is 24.5 Å². The van der Waals surface area contributed by atoms with Crippen LogP contribution in [0.5, 0.6) is 5.75 Å². The number of nitrogens with zero attached hydrogens (tertiary/aromatic N) is 1. The molecule has 0 saturated carbocycles. The molecular formula is C16H25BrN2O. The van der Waals surface area contributed by atoms with Crippen molar-refractivity contribution in [3.8, 4) is 5.75 Å². The van der Waals surface area contributed by atoms with E-state index in [0.29, 0.717) is 6.04 Å². The lowest BCUT2D eigenvalue weighted by Crippen LogP contribution is -2.50. The number of halogens is 1. The molecule has 1 heterocycles. The van der Waals surface area contributed by atoms with Crippen molar-refractivity contribution in [2.24, 2.45) is 5.92 Å². The first-order chi connectivity index (χ1) is 9.58. The van der Waals surface area contributed by atoms with Crippen LogP contribution in [0, 0.1) is 5.92 Å². The summed E-state index contributed by atoms with van der Waals surface area (Å²) in [6.07, 6.45) is 1.25. The second-order valence-corrected chi connectivity index (χ2v) is 6.84. The minimum absolute atomic E-state index is 0.630. The van der Waals surface area contributed by atoms with Crippen LogP contribution in [0.15, 0.2) is 22.7 Å². The number of hydrogen-bond donors (Lipinski definition) is 1. The van der Waals surface area contributed by atoms with Crippen molar-refractivity contribution in [3.05, 3.63) is 28.2 Å². The van der Waals surface area contributed by atoms with Crippen molar-refractivity contribution in [2.75, 3.05) is 26.7 Å². The number of piperazine rings is 1. The Balaban J connectivity index is 1.93. The van der Waals surface area contributed by atoms with E-state index in [1.807, 2.05) is 6.07 Å². The van der Waals surface area contributed by atoms with E-state index in [4.69, 9.17) is 4.74 Å². The highest BCUT2D eigenvalue weighted by atomic mass is 79.9. The van der Waals surface area contributed by atoms with Crippen molar-refractivity contribution < 1.29 is 4.74 Å². The number of rotatable bonds is 5. The summed E-state index contributed by atoms with van der Waals surface area (Å²) < 4.78 is 6.31. The number of nitrogens with one attached hydrogen (secondary N) is 1. The quantitative estimate of drug-likeness (QED) is 0.890. The molecule has 1 saturated heterocycles. The molecule has 1 unspecified atom stereocenters. The molecule has 0 aromatic heterocycles. The van der Waals surface area contributed by atoms with Gasteiger partial charge >= 0.3 is 0 Å². The van der Waals surface area contributed by atoms with Crippen LogP contribution >= 0.6 is 15.9 Å². The van der Waals surface area contributed by atoms with Crippen LogP contribution in [0.25, 0.3) is 0 Å². The Bertz CT molecular complexity index is 436. The minimum Gasteiger partial charge on any atom is -0.496 e. The normalized spacial score (nSPS) is 20.4. The molecule has 0 radical (unpaired) electrons. The average molecular weight is 341 g/mol. The van der Waals surface area contributed by atoms with E-state index in [2.05, 4.69) is 52.1 Å². The molecule has 4 heteroatoms. The van der Waals surface area contributed by atoms with Crippen LogP contribution in [-0.2, 0) is 6.54 Å². The molecule has 1 aliphatic rings. The molecule has 1 fully saturated rings. The Morgan fingerprint density at radius 2 is 2.25 bits per heavy atom. The fourth-order valence-electron chi connectivity index (χ4n) is 2.83. The van der Waals surface area contributed by atoms with Gasteiger partial charge in [0, 0.05) is 32.2 Å². The van der Waals surface area contributed by atoms with Gasteiger partial charge in [-0.25, -0.2) is 0 Å². The average Bonchev–Trinajstić information content (AvgIpc) is 2.38. The zero-order valence-corrected chi connectivity index (χ0v) is 14.2. The minimum atomic E-state index is 0.630. The molecule has 1 atom stereocenters. The van der Waals surface area contributed by atoms with Crippen molar-refractivity contribution in [1.82, 2.24) is 10.2 Å². The van der Waals surface area contributed by atoms with Gasteiger partial charge in [-0.1, -0.05) is 19.9 Å². The van der Waals surface area contributed by atoms with E-state index in [-0.39, 0.29) is 0 Å². The first kappa shape index (κ1) is 15.8. The Hall–Kier alpha value is -0.580. The molecule has 20 heavy (non-hydrogen) atoms. The molecule has 0 amide bonds. The molecule has 2 rings (SSSR count). The number of ether oxygens (including phenoxy) is 1. The van der Waals surface area contributed by atoms with E-state index < -0.39 is 0 Å². The second kappa shape index (κ2) is 7.43. The van der Waals surface area contributed by atoms with Crippen LogP contribution in [0.4, 0.5) is 0 Å². The van der Waals surface area contributed by atoms with Gasteiger partial charge in [-0.05, 0) is 46.0 Å². The van der Waals surface area contributed by atoms with Crippen molar-refractivity contribution in [2.45, 2.75) is 32.9 Å². The van der Waals surface area contributed by atoms with E-state index in [1.165, 1.54) is 12.0 Å². The first-order valence-corrected chi connectivity index (χ1v) is 8.16. The zero-order valence-electron chi connectivity index (χ0n) is 12.7. The largest absolute Gasteiger partial charge is 0.496 e. The fraction of sp³-hybridized carbons (Fsp3) is 0.625. The van der Waals surface area contributed by atoms with Crippen molar-refractivity contribution >= 4 is 15.9 Å². The van der Waals surface area contributed by atoms with Gasteiger partial charge in [-0.15, -0.1) is 0 Å². The Morgan fingerprint density at radius 3 is 2.90 bits per heavy atom. The molecule has 1 aromatic rings. The number of hydrogen-bond acceptors (Lipinski definition) is 3. The fourth-order valence-corrected chi connectivity index (χ4v) is 3.42. The maximum Gasteiger partial charge on any atom is 0.133 e. The lowest BCUT2D eigenvalue weighted by atomic mass is 10.0. The molecule has 0 bridgehead atoms. The van der Waals surface area contributed by atoms with Crippen LogP contribution in [-0.4, -0.2) is 37.7 Å². The molecule has 0 spiro atoms. The monoisotopic (exact) mass is 340 g/mol. The highest BCUT2D eigenvalue weighted by Crippen LogP contribution is 2.26. The summed E-state index contributed by atoms with van der Waals surface area (Å²) in [6, 6.07) is 6.99. The Kier molecular flexibility index (Phi) is 5.87. The van der Waals surface area contributed by atoms with Crippen LogP contribution in [0.1, 0.15) is 25.8 Å². The maximum atomic E-state index is 5.28. The summed E-state index contributed by atoms with van der Waals surface area (Å²) in [5.41, 5.74) is 1.34. The second-order valence-electron chi connectivity index (χ2n) is 5.98. The summed E-state index contributed by atoms with van der Waals surface area (Å²) in [5, 5.41) is 3.62. The van der Waals surface area contributed by atoms with Crippen LogP contribution < -0.4 is 10.1 Å². The molecule has 1 N–H and O–H groups in total. The van der Waals surface area contributed by atoms with Gasteiger partial charge < -0.3 is 10.1 Å². The first-order valence-electron chi connectivity index (χ1n) is 7.36. The lowest BCUT2D eigenvalue weighted by Gasteiger charge is -2.34. The smallest absolute Gasteiger partial charge is 0.133 e.